The van der Waals surface area contributed by atoms with Gasteiger partial charge in [-0.05, 0) is 30.2 Å². The van der Waals surface area contributed by atoms with Gasteiger partial charge in [-0.25, -0.2) is 4.98 Å². The SMILES string of the molecule is COc1cc(C)c(-c2cccc(C(=O)N3CCNC(=O)C3)c2)cn1. The highest BCUT2D eigenvalue weighted by atomic mass is 16.5. The molecule has 0 saturated carbocycles. The van der Waals surface area contributed by atoms with Crippen molar-refractivity contribution in [1.29, 1.82) is 0 Å². The van der Waals surface area contributed by atoms with E-state index in [1.807, 2.05) is 31.2 Å². The first-order valence-electron chi connectivity index (χ1n) is 7.75. The number of methoxy groups -OCH3 is 1. The number of carbonyl (C=O) groups excluding carboxylic acids is 2. The molecule has 0 bridgehead atoms. The van der Waals surface area contributed by atoms with E-state index in [1.165, 1.54) is 0 Å². The molecule has 0 unspecified atom stereocenters. The molecule has 0 aliphatic carbocycles. The van der Waals surface area contributed by atoms with Crippen LogP contribution in [0.2, 0.25) is 0 Å². The summed E-state index contributed by atoms with van der Waals surface area (Å²) in [6, 6.07) is 9.25. The number of piperazine rings is 1. The minimum Gasteiger partial charge on any atom is -0.481 e. The summed E-state index contributed by atoms with van der Waals surface area (Å²) in [5.41, 5.74) is 3.44. The van der Waals surface area contributed by atoms with Gasteiger partial charge in [-0.15, -0.1) is 0 Å². The van der Waals surface area contributed by atoms with E-state index in [2.05, 4.69) is 10.3 Å². The third-order valence-electron chi connectivity index (χ3n) is 4.04. The molecule has 6 nitrogen and oxygen atoms in total. The predicted octanol–water partition coefficient (Wildman–Crippen LogP) is 1.64. The highest BCUT2D eigenvalue weighted by Crippen LogP contribution is 2.26. The second-order valence-electron chi connectivity index (χ2n) is 5.70. The third kappa shape index (κ3) is 3.22. The first-order valence-corrected chi connectivity index (χ1v) is 7.75. The molecule has 1 aliphatic rings. The number of aromatic nitrogens is 1. The van der Waals surface area contributed by atoms with Gasteiger partial charge in [-0.2, -0.15) is 0 Å². The van der Waals surface area contributed by atoms with E-state index in [4.69, 9.17) is 4.74 Å². The number of aryl methyl sites for hydroxylation is 1. The fraction of sp³-hybridized carbons (Fsp3) is 0.278. The van der Waals surface area contributed by atoms with E-state index in [0.29, 0.717) is 24.5 Å². The summed E-state index contributed by atoms with van der Waals surface area (Å²) in [4.78, 5) is 29.9. The number of pyridine rings is 1. The fourth-order valence-electron chi connectivity index (χ4n) is 2.76. The lowest BCUT2D eigenvalue weighted by molar-refractivity contribution is -0.123. The van der Waals surface area contributed by atoms with E-state index >= 15 is 0 Å². The van der Waals surface area contributed by atoms with Gasteiger partial charge in [0.2, 0.25) is 11.8 Å². The number of hydrogen-bond donors (Lipinski definition) is 1. The second-order valence-corrected chi connectivity index (χ2v) is 5.70. The molecule has 6 heteroatoms. The summed E-state index contributed by atoms with van der Waals surface area (Å²) in [5, 5.41) is 2.72. The standard InChI is InChI=1S/C18H19N3O3/c1-12-8-17(24-2)20-10-15(12)13-4-3-5-14(9-13)18(23)21-7-6-19-16(22)11-21/h3-5,8-10H,6-7,11H2,1-2H3,(H,19,22). The summed E-state index contributed by atoms with van der Waals surface area (Å²) in [6.07, 6.45) is 1.74. The van der Waals surface area contributed by atoms with Crippen LogP contribution in [-0.2, 0) is 4.79 Å². The van der Waals surface area contributed by atoms with Gasteiger partial charge in [-0.3, -0.25) is 9.59 Å². The van der Waals surface area contributed by atoms with Crippen LogP contribution in [0, 0.1) is 6.92 Å². The predicted molar refractivity (Wildman–Crippen MR) is 89.9 cm³/mol. The van der Waals surface area contributed by atoms with Crippen LogP contribution >= 0.6 is 0 Å². The molecule has 24 heavy (non-hydrogen) atoms. The molecule has 0 spiro atoms. The maximum Gasteiger partial charge on any atom is 0.254 e. The minimum atomic E-state index is -0.133. The summed E-state index contributed by atoms with van der Waals surface area (Å²) in [5.74, 6) is 0.301. The molecule has 1 aromatic carbocycles. The average Bonchev–Trinajstić information content (AvgIpc) is 2.61. The molecule has 3 rings (SSSR count). The topological polar surface area (TPSA) is 71.5 Å². The van der Waals surface area contributed by atoms with Crippen molar-refractivity contribution in [3.8, 4) is 17.0 Å². The van der Waals surface area contributed by atoms with Crippen LogP contribution in [0.1, 0.15) is 15.9 Å². The van der Waals surface area contributed by atoms with Crippen LogP contribution in [0.15, 0.2) is 36.5 Å². The molecule has 1 saturated heterocycles. The molecule has 2 aromatic rings. The molecular weight excluding hydrogens is 306 g/mol. The number of nitrogens with one attached hydrogen (secondary N) is 1. The van der Waals surface area contributed by atoms with Crippen molar-refractivity contribution in [2.24, 2.45) is 0 Å². The Balaban J connectivity index is 1.89. The van der Waals surface area contributed by atoms with Crippen molar-refractivity contribution in [2.45, 2.75) is 6.92 Å². The Bertz CT molecular complexity index is 789. The molecular formula is C18H19N3O3. The Labute approximate surface area is 140 Å². The molecule has 1 aliphatic heterocycles. The van der Waals surface area contributed by atoms with E-state index in [1.54, 1.807) is 24.3 Å². The molecule has 2 amide bonds. The van der Waals surface area contributed by atoms with Crippen LogP contribution in [0.3, 0.4) is 0 Å². The lowest BCUT2D eigenvalue weighted by Gasteiger charge is -2.26. The number of carbonyl (C=O) groups is 2. The highest BCUT2D eigenvalue weighted by Gasteiger charge is 2.22. The normalized spacial score (nSPS) is 14.2. The number of rotatable bonds is 3. The van der Waals surface area contributed by atoms with Crippen molar-refractivity contribution in [2.75, 3.05) is 26.7 Å². The smallest absolute Gasteiger partial charge is 0.254 e. The van der Waals surface area contributed by atoms with E-state index in [-0.39, 0.29) is 18.4 Å². The molecule has 0 atom stereocenters. The quantitative estimate of drug-likeness (QED) is 0.931. The zero-order valence-corrected chi connectivity index (χ0v) is 13.7. The first-order chi connectivity index (χ1) is 11.6. The summed E-state index contributed by atoms with van der Waals surface area (Å²) < 4.78 is 5.13. The van der Waals surface area contributed by atoms with Crippen LogP contribution in [0.4, 0.5) is 0 Å². The number of hydrogen-bond acceptors (Lipinski definition) is 4. The van der Waals surface area contributed by atoms with Crippen molar-refractivity contribution in [3.05, 3.63) is 47.7 Å². The van der Waals surface area contributed by atoms with Crippen molar-refractivity contribution in [1.82, 2.24) is 15.2 Å². The minimum absolute atomic E-state index is 0.103. The highest BCUT2D eigenvalue weighted by molar-refractivity contribution is 5.98. The molecule has 124 valence electrons. The Morgan fingerprint density at radius 3 is 2.88 bits per heavy atom. The Hall–Kier alpha value is -2.89. The molecule has 1 fully saturated rings. The molecule has 1 aromatic heterocycles. The summed E-state index contributed by atoms with van der Waals surface area (Å²) in [6.45, 7) is 3.10. The number of amides is 2. The Kier molecular flexibility index (Phi) is 4.46. The zero-order valence-electron chi connectivity index (χ0n) is 13.7. The van der Waals surface area contributed by atoms with Gasteiger partial charge in [0, 0.05) is 36.5 Å². The average molecular weight is 325 g/mol. The van der Waals surface area contributed by atoms with Gasteiger partial charge in [0.25, 0.3) is 5.91 Å². The molecule has 1 N–H and O–H groups in total. The van der Waals surface area contributed by atoms with E-state index < -0.39 is 0 Å². The van der Waals surface area contributed by atoms with E-state index in [0.717, 1.165) is 16.7 Å². The van der Waals surface area contributed by atoms with Gasteiger partial charge in [0.1, 0.15) is 0 Å². The van der Waals surface area contributed by atoms with Gasteiger partial charge in [0.05, 0.1) is 13.7 Å². The molecule has 0 radical (unpaired) electrons. The summed E-state index contributed by atoms with van der Waals surface area (Å²) in [7, 11) is 1.58. The zero-order chi connectivity index (χ0) is 17.1. The fourth-order valence-corrected chi connectivity index (χ4v) is 2.76. The maximum atomic E-state index is 12.6. The third-order valence-corrected chi connectivity index (χ3v) is 4.04. The molecule has 2 heterocycles. The van der Waals surface area contributed by atoms with Crippen molar-refractivity contribution in [3.63, 3.8) is 0 Å². The lowest BCUT2D eigenvalue weighted by Crippen LogP contribution is -2.49. The number of ether oxygens (including phenoxy) is 1. The second kappa shape index (κ2) is 6.70. The van der Waals surface area contributed by atoms with Crippen LogP contribution in [-0.4, -0.2) is 48.4 Å². The number of benzene rings is 1. The van der Waals surface area contributed by atoms with Crippen LogP contribution < -0.4 is 10.1 Å². The summed E-state index contributed by atoms with van der Waals surface area (Å²) >= 11 is 0. The monoisotopic (exact) mass is 325 g/mol. The first kappa shape index (κ1) is 16.0. The van der Waals surface area contributed by atoms with Crippen molar-refractivity contribution >= 4 is 11.8 Å². The van der Waals surface area contributed by atoms with Gasteiger partial charge in [0.15, 0.2) is 0 Å². The van der Waals surface area contributed by atoms with Gasteiger partial charge < -0.3 is 15.0 Å². The van der Waals surface area contributed by atoms with E-state index in [9.17, 15) is 9.59 Å². The maximum absolute atomic E-state index is 12.6. The van der Waals surface area contributed by atoms with Gasteiger partial charge in [-0.1, -0.05) is 12.1 Å². The van der Waals surface area contributed by atoms with Crippen molar-refractivity contribution < 1.29 is 14.3 Å². The Morgan fingerprint density at radius 1 is 1.33 bits per heavy atom. The lowest BCUT2D eigenvalue weighted by atomic mass is 10.0. The van der Waals surface area contributed by atoms with Crippen LogP contribution in [0.25, 0.3) is 11.1 Å². The largest absolute Gasteiger partial charge is 0.481 e. The van der Waals surface area contributed by atoms with Gasteiger partial charge >= 0.3 is 0 Å². The number of nitrogens with zero attached hydrogens (tertiary/aromatic N) is 2. The Morgan fingerprint density at radius 2 is 2.17 bits per heavy atom. The van der Waals surface area contributed by atoms with Crippen LogP contribution in [0.5, 0.6) is 5.88 Å².